The van der Waals surface area contributed by atoms with Crippen molar-refractivity contribution in [2.45, 2.75) is 38.8 Å². The van der Waals surface area contributed by atoms with Crippen molar-refractivity contribution in [2.24, 2.45) is 5.41 Å². The summed E-state index contributed by atoms with van der Waals surface area (Å²) in [6.45, 7) is 1.33. The first-order valence-electron chi connectivity index (χ1n) is 7.54. The van der Waals surface area contributed by atoms with Gasteiger partial charge in [0.1, 0.15) is 11.3 Å². The molecule has 0 bridgehead atoms. The summed E-state index contributed by atoms with van der Waals surface area (Å²) in [6, 6.07) is 0. The number of alkyl halides is 3. The van der Waals surface area contributed by atoms with Crippen molar-refractivity contribution in [3.8, 4) is 0 Å². The first-order valence-corrected chi connectivity index (χ1v) is 7.54. The lowest BCUT2D eigenvalue weighted by Crippen LogP contribution is -2.41. The number of furan rings is 1. The van der Waals surface area contributed by atoms with Crippen molar-refractivity contribution in [1.82, 2.24) is 0 Å². The summed E-state index contributed by atoms with van der Waals surface area (Å²) < 4.78 is 50.1. The van der Waals surface area contributed by atoms with Gasteiger partial charge in [-0.2, -0.15) is 13.2 Å². The summed E-state index contributed by atoms with van der Waals surface area (Å²) in [6.07, 6.45) is -2.38. The second-order valence-corrected chi connectivity index (χ2v) is 6.01. The van der Waals surface area contributed by atoms with Crippen molar-refractivity contribution >= 4 is 11.8 Å². The van der Waals surface area contributed by atoms with Gasteiger partial charge in [0.2, 0.25) is 5.76 Å². The molecule has 1 heterocycles. The maximum absolute atomic E-state index is 13.5. The molecule has 8 heteroatoms. The smallest absolute Gasteiger partial charge is 0.421 e. The number of carbonyl (C=O) groups excluding carboxylic acids is 2. The lowest BCUT2D eigenvalue weighted by molar-refractivity contribution is -0.138. The van der Waals surface area contributed by atoms with Gasteiger partial charge in [-0.25, -0.2) is 4.79 Å². The van der Waals surface area contributed by atoms with E-state index in [1.807, 2.05) is 0 Å². The molecule has 2 aliphatic carbocycles. The fourth-order valence-electron chi connectivity index (χ4n) is 3.48. The minimum atomic E-state index is -4.96. The van der Waals surface area contributed by atoms with E-state index in [0.29, 0.717) is 19.1 Å². The van der Waals surface area contributed by atoms with E-state index in [9.17, 15) is 27.9 Å². The Labute approximate surface area is 135 Å². The fraction of sp³-hybridized carbons (Fsp3) is 0.500. The zero-order valence-corrected chi connectivity index (χ0v) is 12.8. The molecule has 1 aromatic rings. The summed E-state index contributed by atoms with van der Waals surface area (Å²) in [4.78, 5) is 24.4. The molecule has 5 nitrogen and oxygen atoms in total. The van der Waals surface area contributed by atoms with E-state index in [2.05, 4.69) is 4.74 Å². The van der Waals surface area contributed by atoms with Gasteiger partial charge in [-0.15, -0.1) is 0 Å². The molecule has 130 valence electrons. The molecule has 3 rings (SSSR count). The van der Waals surface area contributed by atoms with Crippen LogP contribution in [0.2, 0.25) is 0 Å². The van der Waals surface area contributed by atoms with Crippen LogP contribution in [0.25, 0.3) is 0 Å². The zero-order chi connectivity index (χ0) is 17.7. The van der Waals surface area contributed by atoms with Crippen LogP contribution in [0.1, 0.15) is 58.4 Å². The van der Waals surface area contributed by atoms with Gasteiger partial charge in [0.15, 0.2) is 5.78 Å². The Bertz CT molecular complexity index is 738. The monoisotopic (exact) mass is 344 g/mol. The number of esters is 1. The number of aliphatic hydroxyl groups is 1. The van der Waals surface area contributed by atoms with E-state index in [1.54, 1.807) is 0 Å². The van der Waals surface area contributed by atoms with Crippen LogP contribution in [0.15, 0.2) is 16.3 Å². The summed E-state index contributed by atoms with van der Waals surface area (Å²) in [5, 5.41) is 9.40. The molecule has 24 heavy (non-hydrogen) atoms. The van der Waals surface area contributed by atoms with E-state index in [1.165, 1.54) is 6.92 Å². The highest BCUT2D eigenvalue weighted by molar-refractivity contribution is 6.13. The van der Waals surface area contributed by atoms with Crippen LogP contribution in [0, 0.1) is 5.41 Å². The van der Waals surface area contributed by atoms with E-state index in [0.717, 1.165) is 6.42 Å². The second-order valence-electron chi connectivity index (χ2n) is 6.01. The third kappa shape index (κ3) is 2.23. The van der Waals surface area contributed by atoms with Crippen LogP contribution in [-0.2, 0) is 17.3 Å². The zero-order valence-electron chi connectivity index (χ0n) is 12.8. The molecule has 0 unspecified atom stereocenters. The minimum absolute atomic E-state index is 0.0446. The van der Waals surface area contributed by atoms with Gasteiger partial charge in [-0.3, -0.25) is 4.79 Å². The largest absolute Gasteiger partial charge is 0.515 e. The number of allylic oxidation sites excluding steroid dienone is 1. The molecular weight excluding hydrogens is 329 g/mol. The van der Waals surface area contributed by atoms with Crippen molar-refractivity contribution in [3.63, 3.8) is 0 Å². The van der Waals surface area contributed by atoms with Gasteiger partial charge >= 0.3 is 12.1 Å². The summed E-state index contributed by atoms with van der Waals surface area (Å²) >= 11 is 0. The highest BCUT2D eigenvalue weighted by atomic mass is 19.4. The van der Waals surface area contributed by atoms with Crippen LogP contribution >= 0.6 is 0 Å². The summed E-state index contributed by atoms with van der Waals surface area (Å²) in [5.41, 5.74) is -2.87. The van der Waals surface area contributed by atoms with Gasteiger partial charge in [0, 0.05) is 17.4 Å². The Morgan fingerprint density at radius 3 is 2.54 bits per heavy atom. The number of Topliss-reactive ketones (excluding diaryl/α,β-unsaturated/α-hetero) is 1. The number of rotatable bonds is 2. The summed E-state index contributed by atoms with van der Waals surface area (Å²) in [7, 11) is 0. The molecule has 1 spiro atoms. The Hall–Kier alpha value is -2.25. The third-order valence-corrected chi connectivity index (χ3v) is 4.71. The standard InChI is InChI=1S/C16H15F3O5/c1-2-23-14(22)13-11(16(17,18)19)10-9(24-13)6-15(4-3-5-15)8(7-20)12(10)21/h7,20H,2-6H2,1H3/b8-7+. The fourth-order valence-corrected chi connectivity index (χ4v) is 3.48. The van der Waals surface area contributed by atoms with Crippen molar-refractivity contribution in [3.05, 3.63) is 34.5 Å². The van der Waals surface area contributed by atoms with Crippen molar-refractivity contribution in [2.75, 3.05) is 6.61 Å². The van der Waals surface area contributed by atoms with Crippen LogP contribution in [0.3, 0.4) is 0 Å². The van der Waals surface area contributed by atoms with Crippen molar-refractivity contribution < 1.29 is 37.0 Å². The molecule has 0 saturated heterocycles. The first kappa shape index (κ1) is 16.6. The van der Waals surface area contributed by atoms with Crippen LogP contribution in [0.5, 0.6) is 0 Å². The van der Waals surface area contributed by atoms with Gasteiger partial charge < -0.3 is 14.3 Å². The molecule has 0 radical (unpaired) electrons. The Kier molecular flexibility index (Phi) is 3.73. The molecule has 0 amide bonds. The van der Waals surface area contributed by atoms with Gasteiger partial charge in [0.25, 0.3) is 0 Å². The highest BCUT2D eigenvalue weighted by Gasteiger charge is 2.54. The maximum atomic E-state index is 13.5. The second kappa shape index (κ2) is 5.39. The van der Waals surface area contributed by atoms with Crippen molar-refractivity contribution in [1.29, 1.82) is 0 Å². The number of hydrogen-bond donors (Lipinski definition) is 1. The number of fused-ring (bicyclic) bond motifs is 1. The van der Waals surface area contributed by atoms with Crippen LogP contribution in [-0.4, -0.2) is 23.5 Å². The highest BCUT2D eigenvalue weighted by Crippen LogP contribution is 2.55. The lowest BCUT2D eigenvalue weighted by atomic mass is 9.58. The Morgan fingerprint density at radius 1 is 1.42 bits per heavy atom. The summed E-state index contributed by atoms with van der Waals surface area (Å²) in [5.74, 6) is -3.37. The number of ketones is 1. The molecule has 1 N–H and O–H groups in total. The predicted molar refractivity (Wildman–Crippen MR) is 74.7 cm³/mol. The first-order chi connectivity index (χ1) is 11.2. The van der Waals surface area contributed by atoms with E-state index in [4.69, 9.17) is 4.42 Å². The quantitative estimate of drug-likeness (QED) is 0.501. The maximum Gasteiger partial charge on any atom is 0.421 e. The molecule has 0 aliphatic heterocycles. The van der Waals surface area contributed by atoms with Crippen LogP contribution in [0.4, 0.5) is 13.2 Å². The van der Waals surface area contributed by atoms with Crippen LogP contribution < -0.4 is 0 Å². The van der Waals surface area contributed by atoms with Gasteiger partial charge in [-0.05, 0) is 19.8 Å². The van der Waals surface area contributed by atoms with Gasteiger partial charge in [-0.1, -0.05) is 6.42 Å². The molecule has 1 aromatic heterocycles. The molecule has 1 fully saturated rings. The number of hydrogen-bond acceptors (Lipinski definition) is 5. The Balaban J connectivity index is 2.21. The predicted octanol–water partition coefficient (Wildman–Crippen LogP) is 3.83. The molecule has 0 atom stereocenters. The topological polar surface area (TPSA) is 76.7 Å². The lowest BCUT2D eigenvalue weighted by Gasteiger charge is -2.44. The molecule has 2 aliphatic rings. The molecular formula is C16H15F3O5. The van der Waals surface area contributed by atoms with E-state index >= 15 is 0 Å². The molecule has 1 saturated carbocycles. The average molecular weight is 344 g/mol. The average Bonchev–Trinajstić information content (AvgIpc) is 2.85. The number of halogens is 3. The molecule has 0 aromatic carbocycles. The number of aliphatic hydroxyl groups excluding tert-OH is 1. The Morgan fingerprint density at radius 2 is 2.08 bits per heavy atom. The SMILES string of the molecule is CCOC(=O)c1oc2c(c1C(F)(F)F)C(=O)/C(=C\O)C1(CCC1)C2. The number of carbonyl (C=O) groups is 2. The third-order valence-electron chi connectivity index (χ3n) is 4.71. The minimum Gasteiger partial charge on any atom is -0.515 e. The van der Waals surface area contributed by atoms with E-state index < -0.39 is 40.2 Å². The van der Waals surface area contributed by atoms with Gasteiger partial charge in [0.05, 0.1) is 18.4 Å². The van der Waals surface area contributed by atoms with E-state index in [-0.39, 0.29) is 24.4 Å². The number of ether oxygens (including phenoxy) is 1. The normalized spacial score (nSPS) is 20.8.